The van der Waals surface area contributed by atoms with Gasteiger partial charge in [0.2, 0.25) is 0 Å². The molecule has 8 heteroatoms. The number of Topliss-reactive ketones (excluding diaryl/α,β-unsaturated/α-hetero) is 1. The third kappa shape index (κ3) is 4.79. The monoisotopic (exact) mass is 351 g/mol. The van der Waals surface area contributed by atoms with Gasteiger partial charge in [0.05, 0.1) is 5.56 Å². The lowest BCUT2D eigenvalue weighted by Crippen LogP contribution is -2.24. The number of guanidine groups is 1. The molecule has 1 amide bonds. The Morgan fingerprint density at radius 2 is 1.71 bits per heavy atom. The third-order valence-electron chi connectivity index (χ3n) is 2.88. The summed E-state index contributed by atoms with van der Waals surface area (Å²) < 4.78 is 18.5. The molecule has 6 nitrogen and oxygen atoms in total. The SMILES string of the molecule is CC(=O)c1cc(C(=O)N=C(N)N)ccc1Oc1ccc(F)cc1.Cl. The van der Waals surface area contributed by atoms with E-state index in [0.29, 0.717) is 5.75 Å². The van der Waals surface area contributed by atoms with Gasteiger partial charge in [0.25, 0.3) is 5.91 Å². The van der Waals surface area contributed by atoms with E-state index in [1.54, 1.807) is 0 Å². The summed E-state index contributed by atoms with van der Waals surface area (Å²) in [6.07, 6.45) is 0. The first-order valence-electron chi connectivity index (χ1n) is 6.59. The average Bonchev–Trinajstić information content (AvgIpc) is 2.49. The van der Waals surface area contributed by atoms with Crippen LogP contribution in [0.4, 0.5) is 4.39 Å². The minimum Gasteiger partial charge on any atom is -0.457 e. The molecule has 0 fully saturated rings. The summed E-state index contributed by atoms with van der Waals surface area (Å²) in [5, 5.41) is 0. The van der Waals surface area contributed by atoms with Gasteiger partial charge in [0.1, 0.15) is 17.3 Å². The molecular weight excluding hydrogens is 337 g/mol. The molecule has 0 radical (unpaired) electrons. The van der Waals surface area contributed by atoms with Gasteiger partial charge >= 0.3 is 0 Å². The molecule has 2 aromatic rings. The fourth-order valence-electron chi connectivity index (χ4n) is 1.84. The quantitative estimate of drug-likeness (QED) is 0.500. The molecule has 0 spiro atoms. The number of nitrogens with zero attached hydrogens (tertiary/aromatic N) is 1. The Kier molecular flexibility index (Phi) is 6.43. The minimum atomic E-state index is -0.666. The second kappa shape index (κ2) is 8.07. The van der Waals surface area contributed by atoms with Crippen LogP contribution < -0.4 is 16.2 Å². The molecule has 0 heterocycles. The van der Waals surface area contributed by atoms with Crippen molar-refractivity contribution in [3.63, 3.8) is 0 Å². The molecule has 0 saturated carbocycles. The number of amides is 1. The minimum absolute atomic E-state index is 0. The van der Waals surface area contributed by atoms with Gasteiger partial charge in [-0.05, 0) is 49.4 Å². The number of aliphatic imine (C=N–C) groups is 1. The summed E-state index contributed by atoms with van der Waals surface area (Å²) in [4.78, 5) is 27.0. The van der Waals surface area contributed by atoms with Gasteiger partial charge in [-0.2, -0.15) is 4.99 Å². The predicted octanol–water partition coefficient (Wildman–Crippen LogP) is 2.66. The van der Waals surface area contributed by atoms with Gasteiger partial charge in [-0.1, -0.05) is 0 Å². The highest BCUT2D eigenvalue weighted by molar-refractivity contribution is 6.05. The number of halogens is 2. The molecule has 2 rings (SSSR count). The number of nitrogens with two attached hydrogens (primary N) is 2. The summed E-state index contributed by atoms with van der Waals surface area (Å²) in [5.74, 6) is -1.14. The molecule has 0 saturated heterocycles. The van der Waals surface area contributed by atoms with Crippen molar-refractivity contribution in [2.75, 3.05) is 0 Å². The molecular formula is C16H15ClFN3O3. The first-order valence-corrected chi connectivity index (χ1v) is 6.59. The molecule has 0 atom stereocenters. The normalized spacial score (nSPS) is 9.58. The smallest absolute Gasteiger partial charge is 0.280 e. The van der Waals surface area contributed by atoms with Gasteiger partial charge in [-0.15, -0.1) is 12.4 Å². The van der Waals surface area contributed by atoms with E-state index >= 15 is 0 Å². The van der Waals surface area contributed by atoms with Crippen molar-refractivity contribution in [2.24, 2.45) is 16.5 Å². The molecule has 0 aliphatic carbocycles. The van der Waals surface area contributed by atoms with Crippen LogP contribution in [0.3, 0.4) is 0 Å². The van der Waals surface area contributed by atoms with Gasteiger partial charge in [-0.3, -0.25) is 9.59 Å². The lowest BCUT2D eigenvalue weighted by atomic mass is 10.1. The summed E-state index contributed by atoms with van der Waals surface area (Å²) in [5.41, 5.74) is 10.6. The molecule has 126 valence electrons. The zero-order valence-corrected chi connectivity index (χ0v) is 13.5. The number of hydrogen-bond donors (Lipinski definition) is 2. The van der Waals surface area contributed by atoms with Gasteiger partial charge in [0, 0.05) is 5.56 Å². The van der Waals surface area contributed by atoms with Crippen molar-refractivity contribution in [1.29, 1.82) is 0 Å². The highest BCUT2D eigenvalue weighted by Gasteiger charge is 2.14. The maximum Gasteiger partial charge on any atom is 0.280 e. The molecule has 24 heavy (non-hydrogen) atoms. The highest BCUT2D eigenvalue weighted by Crippen LogP contribution is 2.27. The van der Waals surface area contributed by atoms with E-state index < -0.39 is 11.7 Å². The standard InChI is InChI=1S/C16H14FN3O3.ClH/c1-9(21)13-8-10(15(22)20-16(18)19)2-7-14(13)23-12-5-3-11(17)4-6-12;/h2-8H,1H3,(H4,18,19,20,22);1H. The zero-order valence-electron chi connectivity index (χ0n) is 12.7. The van der Waals surface area contributed by atoms with Gasteiger partial charge < -0.3 is 16.2 Å². The van der Waals surface area contributed by atoms with Crippen molar-refractivity contribution in [2.45, 2.75) is 6.92 Å². The van der Waals surface area contributed by atoms with E-state index in [4.69, 9.17) is 16.2 Å². The third-order valence-corrected chi connectivity index (χ3v) is 2.88. The van der Waals surface area contributed by atoms with Crippen LogP contribution in [0, 0.1) is 5.82 Å². The molecule has 0 aliphatic heterocycles. The maximum absolute atomic E-state index is 12.9. The lowest BCUT2D eigenvalue weighted by Gasteiger charge is -2.10. The van der Waals surface area contributed by atoms with Crippen LogP contribution in [0.25, 0.3) is 0 Å². The van der Waals surface area contributed by atoms with Gasteiger partial charge in [-0.25, -0.2) is 4.39 Å². The maximum atomic E-state index is 12.9. The van der Waals surface area contributed by atoms with E-state index in [-0.39, 0.29) is 41.0 Å². The first-order chi connectivity index (χ1) is 10.9. The Bertz CT molecular complexity index is 788. The highest BCUT2D eigenvalue weighted by atomic mass is 35.5. The second-order valence-corrected chi connectivity index (χ2v) is 4.66. The fraction of sp³-hybridized carbons (Fsp3) is 0.0625. The van der Waals surface area contributed by atoms with Crippen molar-refractivity contribution < 1.29 is 18.7 Å². The lowest BCUT2D eigenvalue weighted by molar-refractivity contribution is 0.100. The Hall–Kier alpha value is -2.93. The summed E-state index contributed by atoms with van der Waals surface area (Å²) in [6.45, 7) is 1.33. The van der Waals surface area contributed by atoms with Crippen molar-refractivity contribution in [3.05, 3.63) is 59.4 Å². The second-order valence-electron chi connectivity index (χ2n) is 4.66. The van der Waals surface area contributed by atoms with Crippen molar-refractivity contribution in [3.8, 4) is 11.5 Å². The number of benzene rings is 2. The number of hydrogen-bond acceptors (Lipinski definition) is 3. The topological polar surface area (TPSA) is 108 Å². The first kappa shape index (κ1) is 19.1. The average molecular weight is 352 g/mol. The van der Waals surface area contributed by atoms with Crippen molar-refractivity contribution >= 4 is 30.1 Å². The number of carbonyl (C=O) groups is 2. The summed E-state index contributed by atoms with van der Waals surface area (Å²) >= 11 is 0. The Morgan fingerprint density at radius 3 is 2.25 bits per heavy atom. The number of ether oxygens (including phenoxy) is 1. The molecule has 0 unspecified atom stereocenters. The Balaban J connectivity index is 0.00000288. The van der Waals surface area contributed by atoms with Crippen molar-refractivity contribution in [1.82, 2.24) is 0 Å². The largest absolute Gasteiger partial charge is 0.457 e. The molecule has 2 aromatic carbocycles. The van der Waals surface area contributed by atoms with Crippen LogP contribution in [0.2, 0.25) is 0 Å². The Morgan fingerprint density at radius 1 is 1.08 bits per heavy atom. The van der Waals surface area contributed by atoms with Crippen LogP contribution >= 0.6 is 12.4 Å². The van der Waals surface area contributed by atoms with E-state index in [2.05, 4.69) is 4.99 Å². The number of carbonyl (C=O) groups excluding carboxylic acids is 2. The van der Waals surface area contributed by atoms with E-state index in [1.165, 1.54) is 49.4 Å². The van der Waals surface area contributed by atoms with Crippen LogP contribution in [-0.2, 0) is 0 Å². The fourth-order valence-corrected chi connectivity index (χ4v) is 1.84. The van der Waals surface area contributed by atoms with Gasteiger partial charge in [0.15, 0.2) is 11.7 Å². The molecule has 0 aliphatic rings. The summed E-state index contributed by atoms with van der Waals surface area (Å²) in [6, 6.07) is 9.56. The molecule has 4 N–H and O–H groups in total. The Labute approximate surface area is 143 Å². The van der Waals surface area contributed by atoms with Crippen LogP contribution in [0.15, 0.2) is 47.5 Å². The number of rotatable bonds is 4. The van der Waals surface area contributed by atoms with Crippen LogP contribution in [0.1, 0.15) is 27.6 Å². The molecule has 0 aromatic heterocycles. The van der Waals surface area contributed by atoms with Crippen LogP contribution in [-0.4, -0.2) is 17.6 Å². The summed E-state index contributed by atoms with van der Waals surface area (Å²) in [7, 11) is 0. The van der Waals surface area contributed by atoms with Crippen LogP contribution in [0.5, 0.6) is 11.5 Å². The predicted molar refractivity (Wildman–Crippen MR) is 90.3 cm³/mol. The van der Waals surface area contributed by atoms with E-state index in [0.717, 1.165) is 0 Å². The van der Waals surface area contributed by atoms with E-state index in [9.17, 15) is 14.0 Å². The zero-order chi connectivity index (χ0) is 17.0. The molecule has 0 bridgehead atoms. The number of ketones is 1. The van der Waals surface area contributed by atoms with E-state index in [1.807, 2.05) is 0 Å².